The van der Waals surface area contributed by atoms with Crippen LogP contribution in [-0.2, 0) is 13.0 Å². The maximum Gasteiger partial charge on any atom is 0.0965 e. The summed E-state index contributed by atoms with van der Waals surface area (Å²) in [6, 6.07) is 4.19. The summed E-state index contributed by atoms with van der Waals surface area (Å²) in [5, 5.41) is 4.80. The number of hydrogen-bond donors (Lipinski definition) is 1. The average Bonchev–Trinajstić information content (AvgIpc) is 2.89. The first-order chi connectivity index (χ1) is 10.7. The lowest BCUT2D eigenvalue weighted by molar-refractivity contribution is 0.923. The van der Waals surface area contributed by atoms with E-state index in [9.17, 15) is 0 Å². The first-order valence-electron chi connectivity index (χ1n) is 7.91. The van der Waals surface area contributed by atoms with Crippen molar-refractivity contribution in [1.82, 2.24) is 9.61 Å². The minimum absolute atomic E-state index is 0.554. The number of pyridine rings is 1. The first-order valence-corrected chi connectivity index (χ1v) is 7.91. The number of aryl methyl sites for hydroxylation is 1. The van der Waals surface area contributed by atoms with Gasteiger partial charge in [0.15, 0.2) is 0 Å². The lowest BCUT2D eigenvalue weighted by Gasteiger charge is -2.03. The number of nitrogens with two attached hydrogens (primary N) is 1. The molecule has 3 nitrogen and oxygen atoms in total. The first kappa shape index (κ1) is 16.2. The predicted octanol–water partition coefficient (Wildman–Crippen LogP) is 4.28. The van der Waals surface area contributed by atoms with Crippen LogP contribution >= 0.6 is 0 Å². The lowest BCUT2D eigenvalue weighted by Crippen LogP contribution is -1.98. The molecule has 0 saturated heterocycles. The molecule has 0 aliphatic rings. The van der Waals surface area contributed by atoms with Crippen molar-refractivity contribution < 1.29 is 0 Å². The number of aromatic nitrogens is 2. The Morgan fingerprint density at radius 2 is 2.14 bits per heavy atom. The fourth-order valence-corrected chi connectivity index (χ4v) is 2.59. The largest absolute Gasteiger partial charge is 0.326 e. The van der Waals surface area contributed by atoms with Gasteiger partial charge in [-0.15, -0.1) is 0 Å². The van der Waals surface area contributed by atoms with E-state index in [2.05, 4.69) is 37.3 Å². The SMILES string of the molecule is C\C=C/C=C(\C=C/C)c1nn2ccc(CN)cc2c1CCC. The Morgan fingerprint density at radius 1 is 1.32 bits per heavy atom. The number of allylic oxidation sites excluding steroid dienone is 6. The third-order valence-corrected chi connectivity index (χ3v) is 3.63. The van der Waals surface area contributed by atoms with Crippen LogP contribution in [0.4, 0.5) is 0 Å². The third-order valence-electron chi connectivity index (χ3n) is 3.63. The number of nitrogens with zero attached hydrogens (tertiary/aromatic N) is 2. The lowest BCUT2D eigenvalue weighted by atomic mass is 10.0. The van der Waals surface area contributed by atoms with Crippen LogP contribution in [-0.4, -0.2) is 9.61 Å². The van der Waals surface area contributed by atoms with Gasteiger partial charge in [-0.2, -0.15) is 5.10 Å². The molecule has 116 valence electrons. The number of fused-ring (bicyclic) bond motifs is 1. The molecule has 0 amide bonds. The zero-order valence-electron chi connectivity index (χ0n) is 13.7. The van der Waals surface area contributed by atoms with Gasteiger partial charge in [0.05, 0.1) is 11.2 Å². The van der Waals surface area contributed by atoms with Crippen molar-refractivity contribution in [1.29, 1.82) is 0 Å². The van der Waals surface area contributed by atoms with Gasteiger partial charge in [-0.1, -0.05) is 43.7 Å². The molecule has 0 radical (unpaired) electrons. The minimum Gasteiger partial charge on any atom is -0.326 e. The van der Waals surface area contributed by atoms with E-state index in [0.717, 1.165) is 35.2 Å². The van der Waals surface area contributed by atoms with Crippen LogP contribution in [0.1, 0.15) is 44.0 Å². The molecule has 0 aromatic carbocycles. The molecular weight excluding hydrogens is 270 g/mol. The summed E-state index contributed by atoms with van der Waals surface area (Å²) in [7, 11) is 0. The molecule has 2 N–H and O–H groups in total. The van der Waals surface area contributed by atoms with E-state index in [0.29, 0.717) is 6.54 Å². The van der Waals surface area contributed by atoms with Crippen molar-refractivity contribution in [3.63, 3.8) is 0 Å². The minimum atomic E-state index is 0.554. The summed E-state index contributed by atoms with van der Waals surface area (Å²) in [5.74, 6) is 0. The zero-order chi connectivity index (χ0) is 15.9. The van der Waals surface area contributed by atoms with E-state index in [1.807, 2.05) is 36.7 Å². The molecular formula is C19H25N3. The summed E-state index contributed by atoms with van der Waals surface area (Å²) >= 11 is 0. The van der Waals surface area contributed by atoms with Crippen molar-refractivity contribution in [3.8, 4) is 0 Å². The Kier molecular flexibility index (Phi) is 5.73. The van der Waals surface area contributed by atoms with Crippen molar-refractivity contribution in [2.75, 3.05) is 0 Å². The highest BCUT2D eigenvalue weighted by Crippen LogP contribution is 2.26. The fraction of sp³-hybridized carbons (Fsp3) is 0.316. The highest BCUT2D eigenvalue weighted by Gasteiger charge is 2.14. The van der Waals surface area contributed by atoms with Crippen LogP contribution in [0, 0.1) is 0 Å². The summed E-state index contributed by atoms with van der Waals surface area (Å²) in [6.45, 7) is 6.81. The van der Waals surface area contributed by atoms with E-state index < -0.39 is 0 Å². The molecule has 0 atom stereocenters. The zero-order valence-corrected chi connectivity index (χ0v) is 13.7. The second-order valence-electron chi connectivity index (χ2n) is 5.29. The quantitative estimate of drug-likeness (QED) is 0.808. The Balaban J connectivity index is 2.67. The summed E-state index contributed by atoms with van der Waals surface area (Å²) < 4.78 is 1.96. The molecule has 0 bridgehead atoms. The summed E-state index contributed by atoms with van der Waals surface area (Å²) in [5.41, 5.74) is 11.6. The molecule has 0 aliphatic carbocycles. The monoisotopic (exact) mass is 295 g/mol. The third kappa shape index (κ3) is 3.37. The van der Waals surface area contributed by atoms with Gasteiger partial charge in [-0.25, -0.2) is 4.52 Å². The molecule has 2 aromatic heterocycles. The number of hydrogen-bond acceptors (Lipinski definition) is 2. The van der Waals surface area contributed by atoms with Gasteiger partial charge in [-0.3, -0.25) is 0 Å². The van der Waals surface area contributed by atoms with Gasteiger partial charge < -0.3 is 5.73 Å². The molecule has 2 aromatic rings. The van der Waals surface area contributed by atoms with Crippen molar-refractivity contribution in [2.45, 2.75) is 40.2 Å². The molecule has 22 heavy (non-hydrogen) atoms. The van der Waals surface area contributed by atoms with Crippen LogP contribution in [0.15, 0.2) is 48.7 Å². The van der Waals surface area contributed by atoms with Gasteiger partial charge in [0, 0.05) is 23.9 Å². The molecule has 3 heteroatoms. The Hall–Kier alpha value is -2.13. The fourth-order valence-electron chi connectivity index (χ4n) is 2.59. The molecule has 0 unspecified atom stereocenters. The van der Waals surface area contributed by atoms with E-state index in [1.54, 1.807) is 0 Å². The van der Waals surface area contributed by atoms with Crippen molar-refractivity contribution >= 4 is 11.1 Å². The topological polar surface area (TPSA) is 43.3 Å². The maximum atomic E-state index is 5.78. The van der Waals surface area contributed by atoms with Crippen LogP contribution in [0.5, 0.6) is 0 Å². The summed E-state index contributed by atoms with van der Waals surface area (Å²) in [6.07, 6.45) is 14.5. The van der Waals surface area contributed by atoms with Crippen molar-refractivity contribution in [3.05, 3.63) is 65.5 Å². The Labute approximate surface area is 132 Å². The Morgan fingerprint density at radius 3 is 2.77 bits per heavy atom. The summed E-state index contributed by atoms with van der Waals surface area (Å²) in [4.78, 5) is 0. The second kappa shape index (κ2) is 7.76. The van der Waals surface area contributed by atoms with E-state index in [-0.39, 0.29) is 0 Å². The van der Waals surface area contributed by atoms with Gasteiger partial charge in [-0.05, 0) is 38.0 Å². The predicted molar refractivity (Wildman–Crippen MR) is 94.7 cm³/mol. The average molecular weight is 295 g/mol. The van der Waals surface area contributed by atoms with Crippen LogP contribution in [0.2, 0.25) is 0 Å². The van der Waals surface area contributed by atoms with Gasteiger partial charge in [0.1, 0.15) is 0 Å². The highest BCUT2D eigenvalue weighted by molar-refractivity contribution is 5.79. The van der Waals surface area contributed by atoms with Gasteiger partial charge >= 0.3 is 0 Å². The molecule has 2 rings (SSSR count). The van der Waals surface area contributed by atoms with Crippen molar-refractivity contribution in [2.24, 2.45) is 5.73 Å². The molecule has 0 aliphatic heterocycles. The maximum absolute atomic E-state index is 5.78. The van der Waals surface area contributed by atoms with E-state index in [4.69, 9.17) is 10.8 Å². The van der Waals surface area contributed by atoms with Gasteiger partial charge in [0.25, 0.3) is 0 Å². The normalized spacial score (nSPS) is 13.0. The molecule has 0 spiro atoms. The Bertz CT molecular complexity index is 718. The van der Waals surface area contributed by atoms with Crippen LogP contribution < -0.4 is 5.73 Å². The molecule has 0 saturated carbocycles. The molecule has 2 heterocycles. The van der Waals surface area contributed by atoms with Gasteiger partial charge in [0.2, 0.25) is 0 Å². The van der Waals surface area contributed by atoms with E-state index in [1.165, 1.54) is 5.56 Å². The molecule has 0 fully saturated rings. The van der Waals surface area contributed by atoms with E-state index >= 15 is 0 Å². The van der Waals surface area contributed by atoms with Crippen LogP contribution in [0.25, 0.3) is 11.1 Å². The second-order valence-corrected chi connectivity index (χ2v) is 5.29. The standard InChI is InChI=1S/C19H25N3/c1-4-7-10-16(8-5-2)19-17(9-6-3)18-13-15(14-20)11-12-22(18)21-19/h4-5,7-8,10-13H,6,9,14,20H2,1-3H3/b7-4-,8-5-,16-10+. The highest BCUT2D eigenvalue weighted by atomic mass is 15.2. The van der Waals surface area contributed by atoms with Crippen LogP contribution in [0.3, 0.4) is 0 Å². The number of rotatable bonds is 6. The smallest absolute Gasteiger partial charge is 0.0965 e.